The topological polar surface area (TPSA) is 35.2 Å². The van der Waals surface area contributed by atoms with Gasteiger partial charge in [0, 0.05) is 12.6 Å². The molecule has 2 nitrogen and oxygen atoms in total. The minimum absolute atomic E-state index is 0.0294. The SMILES string of the molecule is NC(CCC1CCCO1)C1CCCC(C(F)(F)F)C1. The maximum atomic E-state index is 12.7. The molecule has 1 saturated heterocycles. The molecule has 19 heavy (non-hydrogen) atoms. The van der Waals surface area contributed by atoms with Crippen molar-refractivity contribution in [3.8, 4) is 0 Å². The Morgan fingerprint density at radius 1 is 1.16 bits per heavy atom. The van der Waals surface area contributed by atoms with Crippen LogP contribution in [0.3, 0.4) is 0 Å². The molecule has 2 fully saturated rings. The minimum Gasteiger partial charge on any atom is -0.378 e. The monoisotopic (exact) mass is 279 g/mol. The molecule has 0 spiro atoms. The maximum absolute atomic E-state index is 12.7. The Hall–Kier alpha value is -0.290. The van der Waals surface area contributed by atoms with Gasteiger partial charge in [0.25, 0.3) is 0 Å². The van der Waals surface area contributed by atoms with E-state index in [2.05, 4.69) is 0 Å². The van der Waals surface area contributed by atoms with E-state index in [0.717, 1.165) is 38.7 Å². The van der Waals surface area contributed by atoms with Crippen LogP contribution >= 0.6 is 0 Å². The van der Waals surface area contributed by atoms with Crippen molar-refractivity contribution in [3.05, 3.63) is 0 Å². The molecule has 5 heteroatoms. The second-order valence-electron chi connectivity index (χ2n) is 6.04. The van der Waals surface area contributed by atoms with Crippen molar-refractivity contribution in [2.45, 2.75) is 69.7 Å². The molecule has 0 aromatic rings. The number of nitrogens with two attached hydrogens (primary N) is 1. The van der Waals surface area contributed by atoms with Gasteiger partial charge in [-0.1, -0.05) is 6.42 Å². The lowest BCUT2D eigenvalue weighted by atomic mass is 9.76. The van der Waals surface area contributed by atoms with Crippen molar-refractivity contribution in [1.29, 1.82) is 0 Å². The highest BCUT2D eigenvalue weighted by Gasteiger charge is 2.43. The molecule has 0 aromatic carbocycles. The number of rotatable bonds is 4. The number of alkyl halides is 3. The normalized spacial score (nSPS) is 34.4. The first kappa shape index (κ1) is 15.1. The zero-order chi connectivity index (χ0) is 13.9. The molecule has 0 amide bonds. The molecule has 4 atom stereocenters. The summed E-state index contributed by atoms with van der Waals surface area (Å²) in [6, 6.07) is -0.102. The third-order valence-electron chi connectivity index (χ3n) is 4.63. The first-order valence-electron chi connectivity index (χ1n) is 7.40. The number of ether oxygens (including phenoxy) is 1. The Labute approximate surface area is 112 Å². The van der Waals surface area contributed by atoms with Gasteiger partial charge in [0.1, 0.15) is 0 Å². The fourth-order valence-corrected chi connectivity index (χ4v) is 3.40. The standard InChI is InChI=1S/C14H24F3NO/c15-14(16,17)11-4-1-3-10(9-11)13(18)7-6-12-5-2-8-19-12/h10-13H,1-9,18H2. The average molecular weight is 279 g/mol. The highest BCUT2D eigenvalue weighted by Crippen LogP contribution is 2.41. The summed E-state index contributed by atoms with van der Waals surface area (Å²) >= 11 is 0. The molecule has 0 bridgehead atoms. The fourth-order valence-electron chi connectivity index (χ4n) is 3.40. The van der Waals surface area contributed by atoms with Crippen molar-refractivity contribution in [3.63, 3.8) is 0 Å². The van der Waals surface area contributed by atoms with Crippen LogP contribution in [0, 0.1) is 11.8 Å². The lowest BCUT2D eigenvalue weighted by Crippen LogP contribution is -2.38. The molecule has 0 radical (unpaired) electrons. The van der Waals surface area contributed by atoms with Gasteiger partial charge in [0.05, 0.1) is 12.0 Å². The maximum Gasteiger partial charge on any atom is 0.391 e. The van der Waals surface area contributed by atoms with E-state index in [4.69, 9.17) is 10.5 Å². The second kappa shape index (κ2) is 6.44. The van der Waals surface area contributed by atoms with Gasteiger partial charge in [-0.25, -0.2) is 0 Å². The van der Waals surface area contributed by atoms with Crippen molar-refractivity contribution in [2.24, 2.45) is 17.6 Å². The van der Waals surface area contributed by atoms with Crippen LogP contribution in [-0.4, -0.2) is 24.9 Å². The van der Waals surface area contributed by atoms with Crippen LogP contribution < -0.4 is 5.73 Å². The molecule has 1 aliphatic heterocycles. The predicted octanol–water partition coefficient (Wildman–Crippen LogP) is 3.64. The third-order valence-corrected chi connectivity index (χ3v) is 4.63. The summed E-state index contributed by atoms with van der Waals surface area (Å²) in [7, 11) is 0. The molecule has 2 aliphatic rings. The largest absolute Gasteiger partial charge is 0.391 e. The van der Waals surface area contributed by atoms with Crippen LogP contribution in [0.2, 0.25) is 0 Å². The van der Waals surface area contributed by atoms with Gasteiger partial charge in [-0.3, -0.25) is 0 Å². The first-order valence-corrected chi connectivity index (χ1v) is 7.40. The summed E-state index contributed by atoms with van der Waals surface area (Å²) in [5.74, 6) is -1.11. The van der Waals surface area contributed by atoms with E-state index < -0.39 is 12.1 Å². The molecular formula is C14H24F3NO. The van der Waals surface area contributed by atoms with Gasteiger partial charge in [0.15, 0.2) is 0 Å². The smallest absolute Gasteiger partial charge is 0.378 e. The second-order valence-corrected chi connectivity index (χ2v) is 6.04. The summed E-state index contributed by atoms with van der Waals surface area (Å²) < 4.78 is 43.8. The lowest BCUT2D eigenvalue weighted by molar-refractivity contribution is -0.186. The van der Waals surface area contributed by atoms with E-state index in [1.54, 1.807) is 0 Å². The predicted molar refractivity (Wildman–Crippen MR) is 67.7 cm³/mol. The van der Waals surface area contributed by atoms with Crippen LogP contribution in [0.5, 0.6) is 0 Å². The number of hydrogen-bond acceptors (Lipinski definition) is 2. The van der Waals surface area contributed by atoms with Crippen LogP contribution in [0.4, 0.5) is 13.2 Å². The molecular weight excluding hydrogens is 255 g/mol. The molecule has 1 aliphatic carbocycles. The summed E-state index contributed by atoms with van der Waals surface area (Å²) in [5, 5.41) is 0. The van der Waals surface area contributed by atoms with Gasteiger partial charge >= 0.3 is 6.18 Å². The lowest BCUT2D eigenvalue weighted by Gasteiger charge is -2.34. The zero-order valence-electron chi connectivity index (χ0n) is 11.3. The summed E-state index contributed by atoms with van der Waals surface area (Å²) in [4.78, 5) is 0. The third kappa shape index (κ3) is 4.35. The summed E-state index contributed by atoms with van der Waals surface area (Å²) in [6.45, 7) is 0.819. The Kier molecular flexibility index (Phi) is 5.12. The van der Waals surface area contributed by atoms with Crippen LogP contribution in [-0.2, 0) is 4.74 Å². The van der Waals surface area contributed by atoms with Crippen LogP contribution in [0.1, 0.15) is 51.4 Å². The highest BCUT2D eigenvalue weighted by atomic mass is 19.4. The molecule has 0 aromatic heterocycles. The van der Waals surface area contributed by atoms with Crippen molar-refractivity contribution < 1.29 is 17.9 Å². The number of halogens is 3. The van der Waals surface area contributed by atoms with Crippen LogP contribution in [0.15, 0.2) is 0 Å². The van der Waals surface area contributed by atoms with Crippen LogP contribution in [0.25, 0.3) is 0 Å². The Morgan fingerprint density at radius 3 is 2.58 bits per heavy atom. The Balaban J connectivity index is 1.76. The molecule has 1 heterocycles. The molecule has 112 valence electrons. The van der Waals surface area contributed by atoms with Gasteiger partial charge in [-0.15, -0.1) is 0 Å². The summed E-state index contributed by atoms with van der Waals surface area (Å²) in [5.41, 5.74) is 6.11. The molecule has 1 saturated carbocycles. The number of hydrogen-bond donors (Lipinski definition) is 1. The molecule has 2 N–H and O–H groups in total. The average Bonchev–Trinajstić information content (AvgIpc) is 2.88. The fraction of sp³-hybridized carbons (Fsp3) is 1.00. The minimum atomic E-state index is -4.05. The summed E-state index contributed by atoms with van der Waals surface area (Å²) in [6.07, 6.45) is 2.09. The van der Waals surface area contributed by atoms with E-state index in [9.17, 15) is 13.2 Å². The Morgan fingerprint density at radius 2 is 1.95 bits per heavy atom. The van der Waals surface area contributed by atoms with Gasteiger partial charge in [-0.2, -0.15) is 13.2 Å². The van der Waals surface area contributed by atoms with Crippen molar-refractivity contribution in [2.75, 3.05) is 6.61 Å². The van der Waals surface area contributed by atoms with Crippen molar-refractivity contribution >= 4 is 0 Å². The zero-order valence-corrected chi connectivity index (χ0v) is 11.3. The molecule has 2 rings (SSSR count). The van der Waals surface area contributed by atoms with E-state index in [0.29, 0.717) is 6.42 Å². The van der Waals surface area contributed by atoms with E-state index in [1.165, 1.54) is 0 Å². The van der Waals surface area contributed by atoms with Gasteiger partial charge in [-0.05, 0) is 50.9 Å². The van der Waals surface area contributed by atoms with E-state index in [-0.39, 0.29) is 30.9 Å². The first-order chi connectivity index (χ1) is 8.97. The van der Waals surface area contributed by atoms with Gasteiger partial charge < -0.3 is 10.5 Å². The van der Waals surface area contributed by atoms with E-state index >= 15 is 0 Å². The quantitative estimate of drug-likeness (QED) is 0.852. The van der Waals surface area contributed by atoms with Gasteiger partial charge in [0.2, 0.25) is 0 Å². The Bertz CT molecular complexity index is 276. The van der Waals surface area contributed by atoms with Crippen molar-refractivity contribution in [1.82, 2.24) is 0 Å². The highest BCUT2D eigenvalue weighted by molar-refractivity contribution is 4.84. The molecule has 4 unspecified atom stereocenters. The van der Waals surface area contributed by atoms with E-state index in [1.807, 2.05) is 0 Å².